The molecular weight excluding hydrogens is 250 g/mol. The van der Waals surface area contributed by atoms with Crippen LogP contribution in [-0.4, -0.2) is 28.5 Å². The maximum atomic E-state index is 6.25. The van der Waals surface area contributed by atoms with E-state index in [1.807, 2.05) is 17.1 Å². The van der Waals surface area contributed by atoms with E-state index in [4.69, 9.17) is 4.74 Å². The van der Waals surface area contributed by atoms with Crippen LogP contribution >= 0.6 is 0 Å². The molecule has 1 aliphatic rings. The van der Waals surface area contributed by atoms with Crippen molar-refractivity contribution in [3.05, 3.63) is 12.4 Å². The number of ether oxygens (including phenoxy) is 1. The zero-order valence-electron chi connectivity index (χ0n) is 13.2. The summed E-state index contributed by atoms with van der Waals surface area (Å²) in [5, 5.41) is 7.86. The van der Waals surface area contributed by atoms with Gasteiger partial charge in [0.2, 0.25) is 0 Å². The summed E-state index contributed by atoms with van der Waals surface area (Å²) in [6.07, 6.45) is 9.73. The highest BCUT2D eigenvalue weighted by molar-refractivity contribution is 5.15. The number of nitrogens with one attached hydrogen (secondary N) is 1. The van der Waals surface area contributed by atoms with Crippen LogP contribution in [-0.2, 0) is 6.54 Å². The van der Waals surface area contributed by atoms with Gasteiger partial charge < -0.3 is 10.1 Å². The molecule has 4 heteroatoms. The second kappa shape index (κ2) is 7.11. The van der Waals surface area contributed by atoms with Gasteiger partial charge in [-0.3, -0.25) is 4.68 Å². The third-order valence-corrected chi connectivity index (χ3v) is 3.97. The van der Waals surface area contributed by atoms with Gasteiger partial charge in [0.15, 0.2) is 5.75 Å². The lowest BCUT2D eigenvalue weighted by molar-refractivity contribution is -0.0144. The van der Waals surface area contributed by atoms with E-state index in [1.165, 1.54) is 19.3 Å². The minimum absolute atomic E-state index is 0.0596. The van der Waals surface area contributed by atoms with Gasteiger partial charge in [-0.2, -0.15) is 5.10 Å². The molecule has 1 aromatic heterocycles. The molecule has 20 heavy (non-hydrogen) atoms. The molecule has 0 aromatic carbocycles. The van der Waals surface area contributed by atoms with Gasteiger partial charge in [-0.1, -0.05) is 20.8 Å². The number of rotatable bonds is 9. The Balaban J connectivity index is 1.80. The van der Waals surface area contributed by atoms with Crippen LogP contribution < -0.4 is 10.1 Å². The van der Waals surface area contributed by atoms with Gasteiger partial charge in [0, 0.05) is 6.54 Å². The van der Waals surface area contributed by atoms with Crippen molar-refractivity contribution in [2.75, 3.05) is 13.1 Å². The minimum atomic E-state index is 0.0596. The van der Waals surface area contributed by atoms with E-state index in [2.05, 4.69) is 31.2 Å². The quantitative estimate of drug-likeness (QED) is 0.705. The zero-order chi connectivity index (χ0) is 14.4. The molecule has 0 unspecified atom stereocenters. The molecule has 1 fully saturated rings. The molecule has 1 aliphatic carbocycles. The fourth-order valence-corrected chi connectivity index (χ4v) is 2.68. The Bertz CT molecular complexity index is 396. The first-order valence-electron chi connectivity index (χ1n) is 8.06. The molecule has 0 saturated heterocycles. The van der Waals surface area contributed by atoms with Crippen LogP contribution in [0.5, 0.6) is 5.75 Å². The second-order valence-electron chi connectivity index (χ2n) is 6.43. The number of aromatic nitrogens is 2. The van der Waals surface area contributed by atoms with Crippen LogP contribution in [0.3, 0.4) is 0 Å². The molecule has 2 rings (SSSR count). The molecule has 0 spiro atoms. The first kappa shape index (κ1) is 15.4. The minimum Gasteiger partial charge on any atom is -0.484 e. The Morgan fingerprint density at radius 2 is 2.25 bits per heavy atom. The molecule has 0 atom stereocenters. The van der Waals surface area contributed by atoms with E-state index in [0.29, 0.717) is 5.92 Å². The van der Waals surface area contributed by atoms with Gasteiger partial charge in [0.1, 0.15) is 5.60 Å². The highest BCUT2D eigenvalue weighted by Crippen LogP contribution is 2.39. The summed E-state index contributed by atoms with van der Waals surface area (Å²) in [5.41, 5.74) is 0.0596. The molecule has 0 aliphatic heterocycles. The second-order valence-corrected chi connectivity index (χ2v) is 6.43. The highest BCUT2D eigenvalue weighted by atomic mass is 16.5. The Labute approximate surface area is 122 Å². The van der Waals surface area contributed by atoms with Crippen LogP contribution in [0.1, 0.15) is 52.9 Å². The lowest BCUT2D eigenvalue weighted by atomic mass is 9.77. The lowest BCUT2D eigenvalue weighted by Gasteiger charge is -2.41. The molecule has 4 nitrogen and oxygen atoms in total. The standard InChI is InChI=1S/C16H29N3O/c1-4-10-19-13-15(12-18-19)20-16(6-5-7-16)8-9-17-11-14(2)3/h12-14,17H,4-11H2,1-3H3. The Kier molecular flexibility index (Phi) is 5.46. The van der Waals surface area contributed by atoms with Crippen LogP contribution in [0, 0.1) is 5.92 Å². The van der Waals surface area contributed by atoms with Crippen molar-refractivity contribution in [3.63, 3.8) is 0 Å². The van der Waals surface area contributed by atoms with Gasteiger partial charge in [-0.25, -0.2) is 0 Å². The molecule has 1 aromatic rings. The predicted octanol–water partition coefficient (Wildman–Crippen LogP) is 3.23. The average Bonchev–Trinajstić information content (AvgIpc) is 2.79. The van der Waals surface area contributed by atoms with E-state index in [1.54, 1.807) is 0 Å². The fraction of sp³-hybridized carbons (Fsp3) is 0.812. The van der Waals surface area contributed by atoms with Crippen molar-refractivity contribution in [2.24, 2.45) is 5.92 Å². The molecule has 1 N–H and O–H groups in total. The van der Waals surface area contributed by atoms with Crippen LogP contribution in [0.2, 0.25) is 0 Å². The van der Waals surface area contributed by atoms with Gasteiger partial charge >= 0.3 is 0 Å². The summed E-state index contributed by atoms with van der Waals surface area (Å²) in [6, 6.07) is 0. The molecule has 0 bridgehead atoms. The third kappa shape index (κ3) is 4.23. The summed E-state index contributed by atoms with van der Waals surface area (Å²) in [4.78, 5) is 0. The SMILES string of the molecule is CCCn1cc(OC2(CCNCC(C)C)CCC2)cn1. The van der Waals surface area contributed by atoms with Gasteiger partial charge in [0.05, 0.1) is 12.4 Å². The van der Waals surface area contributed by atoms with Crippen molar-refractivity contribution in [1.82, 2.24) is 15.1 Å². The average molecular weight is 279 g/mol. The van der Waals surface area contributed by atoms with Crippen LogP contribution in [0.4, 0.5) is 0 Å². The van der Waals surface area contributed by atoms with Crippen LogP contribution in [0.25, 0.3) is 0 Å². The molecule has 1 heterocycles. The van der Waals surface area contributed by atoms with Crippen molar-refractivity contribution in [1.29, 1.82) is 0 Å². The number of aryl methyl sites for hydroxylation is 1. The first-order chi connectivity index (χ1) is 9.63. The summed E-state index contributed by atoms with van der Waals surface area (Å²) in [6.45, 7) is 9.74. The van der Waals surface area contributed by atoms with E-state index < -0.39 is 0 Å². The Morgan fingerprint density at radius 3 is 2.85 bits per heavy atom. The number of nitrogens with zero attached hydrogens (tertiary/aromatic N) is 2. The predicted molar refractivity (Wildman–Crippen MR) is 82.1 cm³/mol. The van der Waals surface area contributed by atoms with Crippen LogP contribution in [0.15, 0.2) is 12.4 Å². The molecule has 114 valence electrons. The molecule has 0 radical (unpaired) electrons. The summed E-state index contributed by atoms with van der Waals surface area (Å²) < 4.78 is 8.22. The molecule has 0 amide bonds. The van der Waals surface area contributed by atoms with Crippen molar-refractivity contribution >= 4 is 0 Å². The summed E-state index contributed by atoms with van der Waals surface area (Å²) in [5.74, 6) is 1.64. The zero-order valence-corrected chi connectivity index (χ0v) is 13.2. The van der Waals surface area contributed by atoms with Crippen molar-refractivity contribution < 1.29 is 4.74 Å². The van der Waals surface area contributed by atoms with E-state index in [-0.39, 0.29) is 5.60 Å². The summed E-state index contributed by atoms with van der Waals surface area (Å²) >= 11 is 0. The molecule has 1 saturated carbocycles. The van der Waals surface area contributed by atoms with Gasteiger partial charge in [0.25, 0.3) is 0 Å². The van der Waals surface area contributed by atoms with Crippen molar-refractivity contribution in [3.8, 4) is 5.75 Å². The molecular formula is C16H29N3O. The fourth-order valence-electron chi connectivity index (χ4n) is 2.68. The topological polar surface area (TPSA) is 39.1 Å². The monoisotopic (exact) mass is 279 g/mol. The Hall–Kier alpha value is -1.03. The van der Waals surface area contributed by atoms with Crippen molar-refractivity contribution in [2.45, 2.75) is 65.0 Å². The maximum absolute atomic E-state index is 6.25. The normalized spacial score (nSPS) is 17.2. The first-order valence-corrected chi connectivity index (χ1v) is 8.06. The number of hydrogen-bond acceptors (Lipinski definition) is 3. The Morgan fingerprint density at radius 1 is 1.45 bits per heavy atom. The van der Waals surface area contributed by atoms with Gasteiger partial charge in [-0.05, 0) is 51.1 Å². The highest BCUT2D eigenvalue weighted by Gasteiger charge is 2.39. The van der Waals surface area contributed by atoms with Gasteiger partial charge in [-0.15, -0.1) is 0 Å². The van der Waals surface area contributed by atoms with E-state index >= 15 is 0 Å². The smallest absolute Gasteiger partial charge is 0.158 e. The van der Waals surface area contributed by atoms with E-state index in [0.717, 1.165) is 38.2 Å². The largest absolute Gasteiger partial charge is 0.484 e. The van der Waals surface area contributed by atoms with E-state index in [9.17, 15) is 0 Å². The number of hydrogen-bond donors (Lipinski definition) is 1. The third-order valence-electron chi connectivity index (χ3n) is 3.97. The lowest BCUT2D eigenvalue weighted by Crippen LogP contribution is -2.45. The maximum Gasteiger partial charge on any atom is 0.158 e. The summed E-state index contributed by atoms with van der Waals surface area (Å²) in [7, 11) is 0.